The second-order valence-corrected chi connectivity index (χ2v) is 2.03. The number of dihydropyridines is 1. The molecule has 1 nitrogen and oxygen atoms in total. The Labute approximate surface area is 48.6 Å². The molecule has 1 aliphatic rings. The quantitative estimate of drug-likeness (QED) is 0.454. The first-order valence-corrected chi connectivity index (χ1v) is 2.70. The van der Waals surface area contributed by atoms with Gasteiger partial charge in [0, 0.05) is 12.6 Å². The summed E-state index contributed by atoms with van der Waals surface area (Å²) >= 11 is 4.11. The van der Waals surface area contributed by atoms with Crippen LogP contribution in [-0.4, -0.2) is 12.8 Å². The highest BCUT2D eigenvalue weighted by Gasteiger charge is 1.89. The number of thiol groups is 1. The van der Waals surface area contributed by atoms with E-state index >= 15 is 0 Å². The van der Waals surface area contributed by atoms with E-state index in [0.29, 0.717) is 0 Å². The van der Waals surface area contributed by atoms with Gasteiger partial charge in [-0.25, -0.2) is 0 Å². The summed E-state index contributed by atoms with van der Waals surface area (Å²) < 4.78 is 0. The van der Waals surface area contributed by atoms with Gasteiger partial charge in [-0.1, -0.05) is 6.08 Å². The molecule has 0 fully saturated rings. The minimum atomic E-state index is 0.781. The first-order chi connectivity index (χ1) is 3.39. The zero-order valence-corrected chi connectivity index (χ0v) is 4.86. The van der Waals surface area contributed by atoms with E-state index in [2.05, 4.69) is 23.7 Å². The normalized spacial score (nSPS) is 19.3. The Morgan fingerprint density at radius 3 is 2.86 bits per heavy atom. The number of nitrogens with zero attached hydrogens (tertiary/aromatic N) is 1. The van der Waals surface area contributed by atoms with Crippen LogP contribution >= 0.6 is 12.6 Å². The Hall–Kier alpha value is -0.240. The zero-order valence-electron chi connectivity index (χ0n) is 3.96. The molecule has 0 N–H and O–H groups in total. The predicted octanol–water partition coefficient (Wildman–Crippen LogP) is 1.27. The van der Waals surface area contributed by atoms with Crippen LogP contribution in [0.2, 0.25) is 0 Å². The Bertz CT molecular complexity index is 115. The van der Waals surface area contributed by atoms with Crippen LogP contribution < -0.4 is 0 Å². The second-order valence-electron chi connectivity index (χ2n) is 1.45. The van der Waals surface area contributed by atoms with Crippen molar-refractivity contribution < 1.29 is 0 Å². The van der Waals surface area contributed by atoms with Gasteiger partial charge in [0.1, 0.15) is 0 Å². The fourth-order valence-electron chi connectivity index (χ4n) is 0.486. The van der Waals surface area contributed by atoms with Gasteiger partial charge in [0.15, 0.2) is 0 Å². The molecule has 0 aliphatic carbocycles. The van der Waals surface area contributed by atoms with Crippen LogP contribution in [0.4, 0.5) is 0 Å². The number of hydrogen-bond acceptors (Lipinski definition) is 2. The standard InChI is InChI=1S/C5H7NS/c7-5-2-1-3-6-4-5/h2-3,7H,1,4H2. The molecule has 0 spiro atoms. The molecule has 1 heterocycles. The minimum Gasteiger partial charge on any atom is -0.292 e. The smallest absolute Gasteiger partial charge is 0.0689 e. The topological polar surface area (TPSA) is 12.4 Å². The predicted molar refractivity (Wildman–Crippen MR) is 35.0 cm³/mol. The van der Waals surface area contributed by atoms with Crippen molar-refractivity contribution in [2.24, 2.45) is 4.99 Å². The van der Waals surface area contributed by atoms with Crippen molar-refractivity contribution in [3.63, 3.8) is 0 Å². The molecule has 1 aliphatic heterocycles. The van der Waals surface area contributed by atoms with Gasteiger partial charge in [-0.05, 0) is 4.91 Å². The fraction of sp³-hybridized carbons (Fsp3) is 0.400. The third-order valence-electron chi connectivity index (χ3n) is 0.841. The largest absolute Gasteiger partial charge is 0.292 e. The molecule has 0 atom stereocenters. The van der Waals surface area contributed by atoms with Crippen molar-refractivity contribution in [1.82, 2.24) is 0 Å². The number of rotatable bonds is 0. The molecule has 0 aromatic heterocycles. The van der Waals surface area contributed by atoms with E-state index in [1.807, 2.05) is 6.21 Å². The molecule has 0 saturated heterocycles. The summed E-state index contributed by atoms with van der Waals surface area (Å²) in [4.78, 5) is 5.07. The maximum atomic E-state index is 4.11. The Kier molecular flexibility index (Phi) is 1.52. The van der Waals surface area contributed by atoms with Gasteiger partial charge in [-0.2, -0.15) is 0 Å². The first-order valence-electron chi connectivity index (χ1n) is 2.26. The molecule has 0 amide bonds. The van der Waals surface area contributed by atoms with Crippen LogP contribution in [0.15, 0.2) is 16.0 Å². The molecule has 0 unspecified atom stereocenters. The van der Waals surface area contributed by atoms with Crippen LogP contribution in [-0.2, 0) is 0 Å². The van der Waals surface area contributed by atoms with E-state index in [4.69, 9.17) is 0 Å². The lowest BCUT2D eigenvalue weighted by Gasteiger charge is -1.96. The summed E-state index contributed by atoms with van der Waals surface area (Å²) in [5.74, 6) is 0. The Morgan fingerprint density at radius 1 is 1.71 bits per heavy atom. The third kappa shape index (κ3) is 1.35. The van der Waals surface area contributed by atoms with Gasteiger partial charge in [0.25, 0.3) is 0 Å². The van der Waals surface area contributed by atoms with Crippen molar-refractivity contribution in [1.29, 1.82) is 0 Å². The van der Waals surface area contributed by atoms with Crippen LogP contribution in [0.5, 0.6) is 0 Å². The molecule has 0 aromatic rings. The van der Waals surface area contributed by atoms with Gasteiger partial charge >= 0.3 is 0 Å². The fourth-order valence-corrected chi connectivity index (χ4v) is 0.673. The van der Waals surface area contributed by atoms with Crippen molar-refractivity contribution in [2.45, 2.75) is 6.42 Å². The van der Waals surface area contributed by atoms with Gasteiger partial charge in [-0.15, -0.1) is 12.6 Å². The first kappa shape index (κ1) is 4.91. The van der Waals surface area contributed by atoms with E-state index < -0.39 is 0 Å². The molecule has 0 aromatic carbocycles. The lowest BCUT2D eigenvalue weighted by atomic mass is 10.3. The van der Waals surface area contributed by atoms with Gasteiger partial charge < -0.3 is 0 Å². The van der Waals surface area contributed by atoms with E-state index in [1.54, 1.807) is 0 Å². The zero-order chi connectivity index (χ0) is 5.11. The lowest BCUT2D eigenvalue weighted by molar-refractivity contribution is 1.18. The molecule has 0 radical (unpaired) electrons. The summed E-state index contributed by atoms with van der Waals surface area (Å²) in [6.07, 6.45) is 4.93. The third-order valence-corrected chi connectivity index (χ3v) is 1.17. The van der Waals surface area contributed by atoms with Gasteiger partial charge in [0.05, 0.1) is 6.54 Å². The highest BCUT2D eigenvalue weighted by atomic mass is 32.1. The van der Waals surface area contributed by atoms with Gasteiger partial charge in [0.2, 0.25) is 0 Å². The minimum absolute atomic E-state index is 0.781. The average Bonchev–Trinajstić information content (AvgIpc) is 1.69. The van der Waals surface area contributed by atoms with E-state index in [0.717, 1.165) is 17.9 Å². The molecular formula is C5H7NS. The second kappa shape index (κ2) is 2.17. The average molecular weight is 113 g/mol. The van der Waals surface area contributed by atoms with Crippen molar-refractivity contribution in [3.05, 3.63) is 11.0 Å². The van der Waals surface area contributed by atoms with Crippen molar-refractivity contribution in [2.75, 3.05) is 6.54 Å². The maximum absolute atomic E-state index is 4.11. The summed E-state index contributed by atoms with van der Waals surface area (Å²) in [6.45, 7) is 0.781. The van der Waals surface area contributed by atoms with Crippen LogP contribution in [0.1, 0.15) is 6.42 Å². The molecular weight excluding hydrogens is 106 g/mol. The SMILES string of the molecule is SC1=CCC=NC1. The van der Waals surface area contributed by atoms with Crippen LogP contribution in [0, 0.1) is 0 Å². The van der Waals surface area contributed by atoms with Crippen molar-refractivity contribution >= 4 is 18.8 Å². The maximum Gasteiger partial charge on any atom is 0.0689 e. The number of hydrogen-bond donors (Lipinski definition) is 1. The Morgan fingerprint density at radius 2 is 2.57 bits per heavy atom. The van der Waals surface area contributed by atoms with E-state index in [9.17, 15) is 0 Å². The summed E-state index contributed by atoms with van der Waals surface area (Å²) in [6, 6.07) is 0. The number of allylic oxidation sites excluding steroid dienone is 1. The molecule has 38 valence electrons. The molecule has 0 saturated carbocycles. The monoisotopic (exact) mass is 113 g/mol. The van der Waals surface area contributed by atoms with Crippen LogP contribution in [0.3, 0.4) is 0 Å². The molecule has 7 heavy (non-hydrogen) atoms. The van der Waals surface area contributed by atoms with Crippen molar-refractivity contribution in [3.8, 4) is 0 Å². The summed E-state index contributed by atoms with van der Waals surface area (Å²) in [5.41, 5.74) is 0. The summed E-state index contributed by atoms with van der Waals surface area (Å²) in [7, 11) is 0. The number of aliphatic imine (C=N–C) groups is 1. The lowest BCUT2D eigenvalue weighted by Crippen LogP contribution is -1.87. The summed E-state index contributed by atoms with van der Waals surface area (Å²) in [5, 5.41) is 0. The Balaban J connectivity index is 2.50. The van der Waals surface area contributed by atoms with Crippen LogP contribution in [0.25, 0.3) is 0 Å². The molecule has 2 heteroatoms. The molecule has 0 bridgehead atoms. The van der Waals surface area contributed by atoms with Gasteiger partial charge in [-0.3, -0.25) is 4.99 Å². The molecule has 1 rings (SSSR count). The highest BCUT2D eigenvalue weighted by Crippen LogP contribution is 2.04. The van der Waals surface area contributed by atoms with E-state index in [-0.39, 0.29) is 0 Å². The highest BCUT2D eigenvalue weighted by molar-refractivity contribution is 7.84. The van der Waals surface area contributed by atoms with E-state index in [1.165, 1.54) is 0 Å².